The predicted molar refractivity (Wildman–Crippen MR) is 131 cm³/mol. The molecule has 3 aromatic rings. The maximum atomic E-state index is 5.77. The quantitative estimate of drug-likeness (QED) is 0.400. The van der Waals surface area contributed by atoms with Crippen LogP contribution in [0, 0.1) is 0 Å². The molecular formula is C26H29N2O2P. The van der Waals surface area contributed by atoms with Gasteiger partial charge in [-0.25, -0.2) is 0 Å². The first-order valence-electron chi connectivity index (χ1n) is 10.7. The lowest BCUT2D eigenvalue weighted by Crippen LogP contribution is -2.29. The summed E-state index contributed by atoms with van der Waals surface area (Å²) in [6.07, 6.45) is 4.25. The third kappa shape index (κ3) is 4.98. The van der Waals surface area contributed by atoms with Crippen LogP contribution in [0.1, 0.15) is 18.4 Å². The van der Waals surface area contributed by atoms with Crippen LogP contribution < -0.4 is 20.7 Å². The van der Waals surface area contributed by atoms with Crippen molar-refractivity contribution in [2.24, 2.45) is 5.10 Å². The van der Waals surface area contributed by atoms with Crippen LogP contribution in [0.15, 0.2) is 84.0 Å². The summed E-state index contributed by atoms with van der Waals surface area (Å²) in [5, 5.41) is 10.9. The van der Waals surface area contributed by atoms with Gasteiger partial charge in [0.1, 0.15) is 5.75 Å². The minimum absolute atomic E-state index is 0.337. The van der Waals surface area contributed by atoms with Crippen molar-refractivity contribution in [1.29, 1.82) is 0 Å². The summed E-state index contributed by atoms with van der Waals surface area (Å²) in [5.74, 6) is 0.850. The van der Waals surface area contributed by atoms with E-state index in [4.69, 9.17) is 14.6 Å². The minimum atomic E-state index is -0.745. The van der Waals surface area contributed by atoms with Gasteiger partial charge in [-0.3, -0.25) is 5.01 Å². The van der Waals surface area contributed by atoms with Gasteiger partial charge >= 0.3 is 0 Å². The topological polar surface area (TPSA) is 34.1 Å². The summed E-state index contributed by atoms with van der Waals surface area (Å²) in [6.45, 7) is 1.66. The molecule has 1 saturated heterocycles. The molecule has 1 fully saturated rings. The number of hydrogen-bond donors (Lipinski definition) is 0. The first-order valence-corrected chi connectivity index (χ1v) is 12.0. The van der Waals surface area contributed by atoms with Crippen LogP contribution in [-0.4, -0.2) is 44.6 Å². The van der Waals surface area contributed by atoms with Crippen molar-refractivity contribution in [3.63, 3.8) is 0 Å². The van der Waals surface area contributed by atoms with E-state index in [-0.39, 0.29) is 0 Å². The number of rotatable bonds is 8. The molecule has 0 bridgehead atoms. The van der Waals surface area contributed by atoms with Gasteiger partial charge in [0.15, 0.2) is 0 Å². The van der Waals surface area contributed by atoms with Gasteiger partial charge < -0.3 is 9.47 Å². The molecule has 1 aliphatic heterocycles. The third-order valence-corrected chi connectivity index (χ3v) is 8.07. The molecule has 0 aliphatic carbocycles. The Labute approximate surface area is 186 Å². The molecule has 31 heavy (non-hydrogen) atoms. The fraction of sp³-hybridized carbons (Fsp3) is 0.269. The standard InChI is InChI=1S/C26H29N2O2P/c1-29-20-21-11-10-18-28(21)27-19-24-25(30-2)16-9-17-26(24)31(22-12-5-3-6-13-22)23-14-7-4-8-15-23/h3-9,12-17,19,21H,10-11,18,20H2,1-2H3/b27-19+/t21-/m0/s1. The highest BCUT2D eigenvalue weighted by molar-refractivity contribution is 7.80. The smallest absolute Gasteiger partial charge is 0.128 e. The van der Waals surface area contributed by atoms with Crippen LogP contribution in [-0.2, 0) is 4.74 Å². The van der Waals surface area contributed by atoms with Crippen LogP contribution >= 0.6 is 7.92 Å². The monoisotopic (exact) mass is 432 g/mol. The lowest BCUT2D eigenvalue weighted by atomic mass is 10.2. The molecule has 0 unspecified atom stereocenters. The zero-order chi connectivity index (χ0) is 21.5. The summed E-state index contributed by atoms with van der Waals surface area (Å²) in [7, 11) is 2.74. The zero-order valence-electron chi connectivity index (χ0n) is 18.1. The van der Waals surface area contributed by atoms with Crippen molar-refractivity contribution in [2.45, 2.75) is 18.9 Å². The summed E-state index contributed by atoms with van der Waals surface area (Å²) in [5.41, 5.74) is 1.05. The van der Waals surface area contributed by atoms with E-state index in [0.29, 0.717) is 12.6 Å². The Balaban J connectivity index is 1.79. The molecule has 0 aromatic heterocycles. The highest BCUT2D eigenvalue weighted by Gasteiger charge is 2.24. The maximum absolute atomic E-state index is 5.77. The summed E-state index contributed by atoms with van der Waals surface area (Å²) in [6, 6.07) is 28.1. The number of hydrogen-bond acceptors (Lipinski definition) is 4. The van der Waals surface area contributed by atoms with Crippen LogP contribution in [0.25, 0.3) is 0 Å². The van der Waals surface area contributed by atoms with Crippen molar-refractivity contribution in [3.05, 3.63) is 84.4 Å². The van der Waals surface area contributed by atoms with Crippen molar-refractivity contribution in [2.75, 3.05) is 27.4 Å². The molecule has 4 nitrogen and oxygen atoms in total. The van der Waals surface area contributed by atoms with E-state index in [1.165, 1.54) is 15.9 Å². The van der Waals surface area contributed by atoms with Gasteiger partial charge in [0.05, 0.1) is 26.0 Å². The van der Waals surface area contributed by atoms with Crippen molar-refractivity contribution in [3.8, 4) is 5.75 Å². The number of methoxy groups -OCH3 is 2. The van der Waals surface area contributed by atoms with Gasteiger partial charge in [0.2, 0.25) is 0 Å². The molecule has 0 amide bonds. The van der Waals surface area contributed by atoms with Crippen LogP contribution in [0.4, 0.5) is 0 Å². The van der Waals surface area contributed by atoms with Gasteiger partial charge in [-0.1, -0.05) is 72.8 Å². The van der Waals surface area contributed by atoms with Crippen LogP contribution in [0.3, 0.4) is 0 Å². The van der Waals surface area contributed by atoms with E-state index in [9.17, 15) is 0 Å². The fourth-order valence-electron chi connectivity index (χ4n) is 4.08. The zero-order valence-corrected chi connectivity index (χ0v) is 19.0. The first kappa shape index (κ1) is 21.5. The molecule has 0 radical (unpaired) electrons. The van der Waals surface area contributed by atoms with Gasteiger partial charge in [-0.05, 0) is 42.7 Å². The minimum Gasteiger partial charge on any atom is -0.496 e. The second-order valence-electron chi connectivity index (χ2n) is 7.56. The highest BCUT2D eigenvalue weighted by atomic mass is 31.1. The molecule has 0 N–H and O–H groups in total. The van der Waals surface area contributed by atoms with E-state index in [0.717, 1.165) is 30.7 Å². The molecule has 1 aliphatic rings. The van der Waals surface area contributed by atoms with Gasteiger partial charge in [0.25, 0.3) is 0 Å². The molecule has 1 atom stereocenters. The Hall–Kier alpha value is -2.68. The van der Waals surface area contributed by atoms with E-state index in [2.05, 4.69) is 77.8 Å². The number of benzene rings is 3. The van der Waals surface area contributed by atoms with Crippen LogP contribution in [0.2, 0.25) is 0 Å². The van der Waals surface area contributed by atoms with Crippen molar-refractivity contribution < 1.29 is 9.47 Å². The lowest BCUT2D eigenvalue weighted by molar-refractivity contribution is 0.118. The van der Waals surface area contributed by atoms with Gasteiger partial charge in [0, 0.05) is 19.2 Å². The second kappa shape index (κ2) is 10.6. The van der Waals surface area contributed by atoms with Gasteiger partial charge in [-0.2, -0.15) is 5.10 Å². The second-order valence-corrected chi connectivity index (χ2v) is 9.74. The molecule has 0 saturated carbocycles. The van der Waals surface area contributed by atoms with E-state index < -0.39 is 7.92 Å². The molecule has 4 rings (SSSR count). The Morgan fingerprint density at radius 2 is 1.61 bits per heavy atom. The molecule has 1 heterocycles. The average Bonchev–Trinajstić information content (AvgIpc) is 3.27. The van der Waals surface area contributed by atoms with E-state index in [1.54, 1.807) is 14.2 Å². The third-order valence-electron chi connectivity index (χ3n) is 5.57. The predicted octanol–water partition coefficient (Wildman–Crippen LogP) is 3.90. The normalized spacial score (nSPS) is 16.4. The number of ether oxygens (including phenoxy) is 2. The average molecular weight is 433 g/mol. The Kier molecular flexibility index (Phi) is 7.35. The van der Waals surface area contributed by atoms with Gasteiger partial charge in [-0.15, -0.1) is 0 Å². The van der Waals surface area contributed by atoms with Crippen molar-refractivity contribution >= 4 is 30.0 Å². The first-order chi connectivity index (χ1) is 15.3. The van der Waals surface area contributed by atoms with Crippen molar-refractivity contribution in [1.82, 2.24) is 5.01 Å². The highest BCUT2D eigenvalue weighted by Crippen LogP contribution is 2.36. The Bertz CT molecular complexity index is 955. The summed E-state index contributed by atoms with van der Waals surface area (Å²) < 4.78 is 11.2. The molecule has 0 spiro atoms. The SMILES string of the molecule is COC[C@@H]1CCCN1/N=C/c1c(OC)cccc1P(c1ccccc1)c1ccccc1. The Morgan fingerprint density at radius 3 is 2.23 bits per heavy atom. The molecule has 3 aromatic carbocycles. The summed E-state index contributed by atoms with van der Waals surface area (Å²) in [4.78, 5) is 0. The maximum Gasteiger partial charge on any atom is 0.128 e. The Morgan fingerprint density at radius 1 is 0.935 bits per heavy atom. The van der Waals surface area contributed by atoms with E-state index in [1.807, 2.05) is 12.3 Å². The lowest BCUT2D eigenvalue weighted by Gasteiger charge is -2.23. The largest absolute Gasteiger partial charge is 0.496 e. The fourth-order valence-corrected chi connectivity index (χ4v) is 6.52. The van der Waals surface area contributed by atoms with E-state index >= 15 is 0 Å². The summed E-state index contributed by atoms with van der Waals surface area (Å²) >= 11 is 0. The molecule has 160 valence electrons. The number of nitrogens with zero attached hydrogens (tertiary/aromatic N) is 2. The van der Waals surface area contributed by atoms with Crippen LogP contribution in [0.5, 0.6) is 5.75 Å². The molecular weight excluding hydrogens is 403 g/mol. The number of hydrazone groups is 1. The molecule has 5 heteroatoms.